The summed E-state index contributed by atoms with van der Waals surface area (Å²) in [4.78, 5) is 37.1. The molecule has 0 aromatic heterocycles. The SMILES string of the molecule is CC/C=C/C/C=C/C/C=C/CCCCCCCCCCCCC(=O)OCC(COCCC(C(=O)O)[N+](C)(C)C)OC(=O)CCC/C=C/C/C=C/C/C=C/C/C=C/CCCCC. The second-order valence-electron chi connectivity index (χ2n) is 17.0. The Labute approximate surface area is 373 Å². The van der Waals surface area contributed by atoms with Gasteiger partial charge in [0.05, 0.1) is 34.4 Å². The number of rotatable bonds is 42. The molecule has 8 heteroatoms. The van der Waals surface area contributed by atoms with Gasteiger partial charge in [0, 0.05) is 19.3 Å². The van der Waals surface area contributed by atoms with Gasteiger partial charge >= 0.3 is 17.9 Å². The van der Waals surface area contributed by atoms with Gasteiger partial charge in [0.2, 0.25) is 0 Å². The monoisotopic (exact) mass is 853 g/mol. The fourth-order valence-corrected chi connectivity index (χ4v) is 6.57. The van der Waals surface area contributed by atoms with Crippen LogP contribution in [0.25, 0.3) is 0 Å². The third kappa shape index (κ3) is 41.6. The number of quaternary nitrogens is 1. The molecule has 8 nitrogen and oxygen atoms in total. The van der Waals surface area contributed by atoms with Gasteiger partial charge in [-0.15, -0.1) is 0 Å². The molecule has 0 aromatic rings. The van der Waals surface area contributed by atoms with Crippen LogP contribution in [0.5, 0.6) is 0 Å². The predicted molar refractivity (Wildman–Crippen MR) is 256 cm³/mol. The van der Waals surface area contributed by atoms with E-state index in [1.165, 1.54) is 77.0 Å². The molecule has 2 unspecified atom stereocenters. The number of hydrogen-bond acceptors (Lipinski definition) is 6. The van der Waals surface area contributed by atoms with Crippen molar-refractivity contribution in [1.29, 1.82) is 0 Å². The number of carbonyl (C=O) groups excluding carboxylic acids is 2. The van der Waals surface area contributed by atoms with E-state index in [0.717, 1.165) is 64.2 Å². The zero-order chi connectivity index (χ0) is 44.9. The fourth-order valence-electron chi connectivity index (χ4n) is 6.57. The Hall–Kier alpha value is -3.49. The van der Waals surface area contributed by atoms with E-state index >= 15 is 0 Å². The summed E-state index contributed by atoms with van der Waals surface area (Å²) in [7, 11) is 5.50. The van der Waals surface area contributed by atoms with Gasteiger partial charge in [-0.05, 0) is 83.5 Å². The van der Waals surface area contributed by atoms with Crippen molar-refractivity contribution in [2.75, 3.05) is 41.0 Å². The average Bonchev–Trinajstić information content (AvgIpc) is 3.22. The largest absolute Gasteiger partial charge is 0.477 e. The van der Waals surface area contributed by atoms with Crippen LogP contribution in [0, 0.1) is 0 Å². The first-order chi connectivity index (χ1) is 29.6. The molecule has 0 saturated carbocycles. The van der Waals surface area contributed by atoms with Crippen LogP contribution in [0.1, 0.15) is 181 Å². The summed E-state index contributed by atoms with van der Waals surface area (Å²) in [6.07, 6.45) is 56.3. The maximum Gasteiger partial charge on any atom is 0.362 e. The molecule has 0 heterocycles. The molecule has 0 aromatic carbocycles. The highest BCUT2D eigenvalue weighted by atomic mass is 16.6. The number of unbranched alkanes of at least 4 members (excludes halogenated alkanes) is 14. The number of carboxylic acids is 1. The molecule has 348 valence electrons. The van der Waals surface area contributed by atoms with E-state index in [1.54, 1.807) is 0 Å². The Balaban J connectivity index is 4.37. The molecule has 0 aliphatic rings. The van der Waals surface area contributed by atoms with Gasteiger partial charge in [0.1, 0.15) is 6.61 Å². The second kappa shape index (κ2) is 43.2. The number of esters is 2. The number of hydrogen-bond donors (Lipinski definition) is 1. The second-order valence-corrected chi connectivity index (χ2v) is 17.0. The zero-order valence-corrected chi connectivity index (χ0v) is 39.6. The number of likely N-dealkylation sites (N-methyl/N-ethyl adjacent to an activating group) is 1. The van der Waals surface area contributed by atoms with Gasteiger partial charge in [0.25, 0.3) is 0 Å². The summed E-state index contributed by atoms with van der Waals surface area (Å²) >= 11 is 0. The van der Waals surface area contributed by atoms with Gasteiger partial charge in [-0.2, -0.15) is 0 Å². The number of allylic oxidation sites excluding steroid dienone is 14. The number of nitrogens with zero attached hydrogens (tertiary/aromatic N) is 1. The normalized spacial score (nSPS) is 13.7. The minimum absolute atomic E-state index is 0.0339. The Morgan fingerprint density at radius 2 is 0.934 bits per heavy atom. The molecule has 2 atom stereocenters. The number of carboxylic acid groups (broad SMARTS) is 1. The number of ether oxygens (including phenoxy) is 3. The van der Waals surface area contributed by atoms with Gasteiger partial charge in [-0.1, -0.05) is 163 Å². The Bertz CT molecular complexity index is 1270. The van der Waals surface area contributed by atoms with Crippen molar-refractivity contribution in [2.24, 2.45) is 0 Å². The maximum atomic E-state index is 12.7. The van der Waals surface area contributed by atoms with Crippen LogP contribution >= 0.6 is 0 Å². The maximum absolute atomic E-state index is 12.7. The molecular weight excluding hydrogens is 763 g/mol. The van der Waals surface area contributed by atoms with E-state index in [4.69, 9.17) is 14.2 Å². The number of aliphatic carboxylic acids is 1. The summed E-state index contributed by atoms with van der Waals surface area (Å²) in [6.45, 7) is 4.53. The van der Waals surface area contributed by atoms with Crippen LogP contribution in [-0.2, 0) is 28.6 Å². The summed E-state index contributed by atoms with van der Waals surface area (Å²) in [5.41, 5.74) is 0. The molecule has 0 aliphatic heterocycles. The summed E-state index contributed by atoms with van der Waals surface area (Å²) in [5, 5.41) is 9.64. The van der Waals surface area contributed by atoms with E-state index < -0.39 is 18.1 Å². The smallest absolute Gasteiger partial charge is 0.362 e. The molecule has 0 bridgehead atoms. The minimum atomic E-state index is -0.887. The van der Waals surface area contributed by atoms with E-state index in [0.29, 0.717) is 19.3 Å². The summed E-state index contributed by atoms with van der Waals surface area (Å²) < 4.78 is 17.3. The van der Waals surface area contributed by atoms with Crippen LogP contribution in [0.4, 0.5) is 0 Å². The van der Waals surface area contributed by atoms with Crippen molar-refractivity contribution in [1.82, 2.24) is 0 Å². The molecule has 0 aliphatic carbocycles. The lowest BCUT2D eigenvalue weighted by molar-refractivity contribution is -0.887. The molecule has 0 spiro atoms. The van der Waals surface area contributed by atoms with Crippen molar-refractivity contribution in [2.45, 2.75) is 193 Å². The van der Waals surface area contributed by atoms with Crippen molar-refractivity contribution in [3.8, 4) is 0 Å². The third-order valence-electron chi connectivity index (χ3n) is 10.3. The first kappa shape index (κ1) is 57.5. The fraction of sp³-hybridized carbons (Fsp3) is 0.679. The van der Waals surface area contributed by atoms with E-state index in [9.17, 15) is 19.5 Å². The molecule has 0 amide bonds. The Morgan fingerprint density at radius 3 is 1.41 bits per heavy atom. The van der Waals surface area contributed by atoms with Crippen molar-refractivity contribution in [3.63, 3.8) is 0 Å². The molecule has 0 rings (SSSR count). The first-order valence-corrected chi connectivity index (χ1v) is 24.1. The lowest BCUT2D eigenvalue weighted by Crippen LogP contribution is -2.50. The van der Waals surface area contributed by atoms with Gasteiger partial charge in [0.15, 0.2) is 12.1 Å². The molecule has 0 saturated heterocycles. The van der Waals surface area contributed by atoms with E-state index in [1.807, 2.05) is 21.1 Å². The average molecular weight is 853 g/mol. The van der Waals surface area contributed by atoms with Crippen LogP contribution in [0.15, 0.2) is 85.1 Å². The molecule has 0 radical (unpaired) electrons. The molecule has 1 N–H and O–H groups in total. The highest BCUT2D eigenvalue weighted by molar-refractivity contribution is 5.72. The Kier molecular flexibility index (Phi) is 40.7. The van der Waals surface area contributed by atoms with Crippen molar-refractivity contribution in [3.05, 3.63) is 85.1 Å². The molecular formula is C53H90NO7+. The predicted octanol–water partition coefficient (Wildman–Crippen LogP) is 13.7. The summed E-state index contributed by atoms with van der Waals surface area (Å²) in [6, 6.07) is -0.629. The van der Waals surface area contributed by atoms with Gasteiger partial charge in [-0.3, -0.25) is 9.59 Å². The Morgan fingerprint density at radius 1 is 0.508 bits per heavy atom. The lowest BCUT2D eigenvalue weighted by atomic mass is 10.1. The van der Waals surface area contributed by atoms with E-state index in [2.05, 4.69) is 98.9 Å². The molecule has 0 fully saturated rings. The number of carbonyl (C=O) groups is 3. The highest BCUT2D eigenvalue weighted by Crippen LogP contribution is 2.14. The molecule has 61 heavy (non-hydrogen) atoms. The van der Waals surface area contributed by atoms with Crippen LogP contribution in [-0.4, -0.2) is 80.6 Å². The van der Waals surface area contributed by atoms with E-state index in [-0.39, 0.29) is 42.7 Å². The minimum Gasteiger partial charge on any atom is -0.477 e. The van der Waals surface area contributed by atoms with Gasteiger partial charge < -0.3 is 23.8 Å². The standard InChI is InChI=1S/C53H89NO7/c1-6-8-10-12-14-16-18-20-22-24-25-26-28-29-31-33-35-37-39-41-43-51(55)60-48-49(47-59-46-45-50(53(57)58)54(3,4)5)61-52(56)44-42-40-38-36-34-32-30-27-23-21-19-17-15-13-11-9-7-2/h8,10,14-17,20-23,30,32,36,38,49-50H,6-7,9,11-13,18-19,24-29,31,33-35,37,39-48H2,1-5H3/p+1/b10-8+,16-14+,17-15+,22-20+,23-21+,32-30+,38-36+. The van der Waals surface area contributed by atoms with Crippen LogP contribution in [0.3, 0.4) is 0 Å². The van der Waals surface area contributed by atoms with Gasteiger partial charge in [-0.25, -0.2) is 4.79 Å². The van der Waals surface area contributed by atoms with Crippen molar-refractivity contribution < 1.29 is 38.2 Å². The topological polar surface area (TPSA) is 99.1 Å². The van der Waals surface area contributed by atoms with Crippen molar-refractivity contribution >= 4 is 17.9 Å². The highest BCUT2D eigenvalue weighted by Gasteiger charge is 2.31. The summed E-state index contributed by atoms with van der Waals surface area (Å²) in [5.74, 6) is -1.55. The quantitative estimate of drug-likeness (QED) is 0.0283. The van der Waals surface area contributed by atoms with Crippen LogP contribution in [0.2, 0.25) is 0 Å². The third-order valence-corrected chi connectivity index (χ3v) is 10.3. The zero-order valence-electron chi connectivity index (χ0n) is 39.6. The lowest BCUT2D eigenvalue weighted by Gasteiger charge is -2.31. The van der Waals surface area contributed by atoms with Crippen LogP contribution < -0.4 is 0 Å². The first-order valence-electron chi connectivity index (χ1n) is 24.1.